The number of halogens is 1. The van der Waals surface area contributed by atoms with Crippen molar-refractivity contribution in [2.45, 2.75) is 19.3 Å². The summed E-state index contributed by atoms with van der Waals surface area (Å²) >= 11 is 6.11. The maximum atomic E-state index is 11.9. The zero-order valence-corrected chi connectivity index (χ0v) is 14.0. The van der Waals surface area contributed by atoms with E-state index in [1.54, 1.807) is 18.2 Å². The number of anilines is 1. The monoisotopic (exact) mass is 357 g/mol. The molecule has 6 nitrogen and oxygen atoms in total. The van der Waals surface area contributed by atoms with Crippen molar-refractivity contribution in [2.75, 3.05) is 5.32 Å². The Hall–Kier alpha value is -2.86. The van der Waals surface area contributed by atoms with Crippen LogP contribution in [0.4, 0.5) is 5.69 Å². The Morgan fingerprint density at radius 3 is 2.68 bits per heavy atom. The molecule has 0 unspecified atom stereocenters. The third kappa shape index (κ3) is 4.58. The molecule has 0 saturated heterocycles. The Balaban J connectivity index is 1.50. The lowest BCUT2D eigenvalue weighted by Crippen LogP contribution is -2.11. The van der Waals surface area contributed by atoms with Crippen LogP contribution >= 0.6 is 11.6 Å². The third-order valence-electron chi connectivity index (χ3n) is 3.53. The number of nitrogens with one attached hydrogen (secondary N) is 1. The van der Waals surface area contributed by atoms with Crippen LogP contribution in [0.1, 0.15) is 18.7 Å². The predicted molar refractivity (Wildman–Crippen MR) is 94.4 cm³/mol. The second kappa shape index (κ2) is 7.81. The molecule has 2 aromatic carbocycles. The molecule has 1 aromatic heterocycles. The minimum atomic E-state index is -0.114. The van der Waals surface area contributed by atoms with Gasteiger partial charge in [-0.3, -0.25) is 4.79 Å². The van der Waals surface area contributed by atoms with Crippen molar-refractivity contribution >= 4 is 23.2 Å². The van der Waals surface area contributed by atoms with E-state index >= 15 is 0 Å². The lowest BCUT2D eigenvalue weighted by atomic mass is 10.2. The van der Waals surface area contributed by atoms with Crippen LogP contribution in [-0.4, -0.2) is 21.2 Å². The van der Waals surface area contributed by atoms with Crippen LogP contribution < -0.4 is 5.32 Å². The Kier molecular flexibility index (Phi) is 5.30. The topological polar surface area (TPSA) is 88.2 Å². The molecule has 0 aliphatic carbocycles. The molecular formula is C18H16ClN3O3. The number of aromatic nitrogens is 2. The third-order valence-corrected chi connectivity index (χ3v) is 3.86. The van der Waals surface area contributed by atoms with Crippen molar-refractivity contribution in [2.24, 2.45) is 0 Å². The van der Waals surface area contributed by atoms with Gasteiger partial charge in [0.05, 0.1) is 5.02 Å². The maximum absolute atomic E-state index is 11.9. The van der Waals surface area contributed by atoms with Crippen molar-refractivity contribution in [1.82, 2.24) is 10.1 Å². The van der Waals surface area contributed by atoms with Crippen molar-refractivity contribution in [3.05, 3.63) is 59.4 Å². The summed E-state index contributed by atoms with van der Waals surface area (Å²) in [6.45, 7) is 0. The molecular weight excluding hydrogens is 342 g/mol. The summed E-state index contributed by atoms with van der Waals surface area (Å²) in [4.78, 5) is 16.2. The van der Waals surface area contributed by atoms with Gasteiger partial charge in [0.1, 0.15) is 5.75 Å². The number of benzene rings is 2. The molecule has 0 bridgehead atoms. The second-order valence-electron chi connectivity index (χ2n) is 5.44. The highest BCUT2D eigenvalue weighted by molar-refractivity contribution is 6.33. The fourth-order valence-electron chi connectivity index (χ4n) is 2.28. The molecule has 0 aliphatic heterocycles. The van der Waals surface area contributed by atoms with Crippen LogP contribution in [0.5, 0.6) is 5.75 Å². The first kappa shape index (κ1) is 17.0. The van der Waals surface area contributed by atoms with Gasteiger partial charge in [0.25, 0.3) is 0 Å². The number of phenols is 1. The van der Waals surface area contributed by atoms with Gasteiger partial charge in [0.15, 0.2) is 0 Å². The summed E-state index contributed by atoms with van der Waals surface area (Å²) in [5.41, 5.74) is 1.35. The molecule has 0 atom stereocenters. The normalized spacial score (nSPS) is 10.6. The zero-order chi connectivity index (χ0) is 17.6. The van der Waals surface area contributed by atoms with E-state index in [0.717, 1.165) is 0 Å². The molecule has 0 saturated carbocycles. The standard InChI is InChI=1S/C18H16ClN3O3/c19-15-5-2-1-4-14(15)18-21-17(25-22-18)7-3-6-16(24)20-12-8-10-13(23)11-9-12/h1-2,4-5,8-11,23H,3,6-7H2,(H,20,24). The molecule has 25 heavy (non-hydrogen) atoms. The lowest BCUT2D eigenvalue weighted by molar-refractivity contribution is -0.116. The smallest absolute Gasteiger partial charge is 0.226 e. The highest BCUT2D eigenvalue weighted by Gasteiger charge is 2.12. The highest BCUT2D eigenvalue weighted by atomic mass is 35.5. The molecule has 2 N–H and O–H groups in total. The molecule has 3 aromatic rings. The van der Waals surface area contributed by atoms with E-state index < -0.39 is 0 Å². The van der Waals surface area contributed by atoms with Crippen LogP contribution in [0.15, 0.2) is 53.1 Å². The molecule has 128 valence electrons. The fourth-order valence-corrected chi connectivity index (χ4v) is 2.50. The number of hydrogen-bond acceptors (Lipinski definition) is 5. The number of carbonyl (C=O) groups excluding carboxylic acids is 1. The minimum absolute atomic E-state index is 0.114. The Bertz CT molecular complexity index is 862. The number of rotatable bonds is 6. The van der Waals surface area contributed by atoms with E-state index in [-0.39, 0.29) is 11.7 Å². The first-order valence-electron chi connectivity index (χ1n) is 7.78. The summed E-state index contributed by atoms with van der Waals surface area (Å²) < 4.78 is 5.21. The first-order valence-corrected chi connectivity index (χ1v) is 8.16. The number of aryl methyl sites for hydroxylation is 1. The van der Waals surface area contributed by atoms with Gasteiger partial charge >= 0.3 is 0 Å². The Morgan fingerprint density at radius 2 is 1.92 bits per heavy atom. The summed E-state index contributed by atoms with van der Waals surface area (Å²) in [6, 6.07) is 13.6. The number of nitrogens with zero attached hydrogens (tertiary/aromatic N) is 2. The van der Waals surface area contributed by atoms with Crippen LogP contribution in [-0.2, 0) is 11.2 Å². The average molecular weight is 358 g/mol. The maximum Gasteiger partial charge on any atom is 0.226 e. The van der Waals surface area contributed by atoms with Gasteiger partial charge < -0.3 is 14.9 Å². The number of aromatic hydroxyl groups is 1. The lowest BCUT2D eigenvalue weighted by Gasteiger charge is -2.04. The summed E-state index contributed by atoms with van der Waals surface area (Å²) in [5.74, 6) is 0.946. The number of phenolic OH excluding ortho intramolecular Hbond substituents is 1. The number of amides is 1. The molecule has 1 heterocycles. The molecule has 7 heteroatoms. The van der Waals surface area contributed by atoms with Crippen LogP contribution in [0.2, 0.25) is 5.02 Å². The van der Waals surface area contributed by atoms with Crippen molar-refractivity contribution in [3.8, 4) is 17.1 Å². The van der Waals surface area contributed by atoms with Crippen LogP contribution in [0.25, 0.3) is 11.4 Å². The van der Waals surface area contributed by atoms with E-state index in [1.807, 2.05) is 18.2 Å². The fraction of sp³-hybridized carbons (Fsp3) is 0.167. The zero-order valence-electron chi connectivity index (χ0n) is 13.3. The van der Waals surface area contributed by atoms with E-state index in [9.17, 15) is 9.90 Å². The van der Waals surface area contributed by atoms with Crippen molar-refractivity contribution < 1.29 is 14.4 Å². The number of hydrogen-bond donors (Lipinski definition) is 2. The summed E-state index contributed by atoms with van der Waals surface area (Å²) in [7, 11) is 0. The van der Waals surface area contributed by atoms with E-state index in [4.69, 9.17) is 16.1 Å². The summed E-state index contributed by atoms with van der Waals surface area (Å²) in [5, 5.41) is 16.5. The Labute approximate surface area is 149 Å². The molecule has 3 rings (SSSR count). The molecule has 0 spiro atoms. The van der Waals surface area contributed by atoms with Gasteiger partial charge in [-0.25, -0.2) is 0 Å². The van der Waals surface area contributed by atoms with Gasteiger partial charge in [-0.15, -0.1) is 0 Å². The molecule has 0 aliphatic rings. The van der Waals surface area contributed by atoms with Gasteiger partial charge in [-0.05, 0) is 42.8 Å². The van der Waals surface area contributed by atoms with Crippen molar-refractivity contribution in [1.29, 1.82) is 0 Å². The van der Waals surface area contributed by atoms with Gasteiger partial charge in [0.2, 0.25) is 17.6 Å². The van der Waals surface area contributed by atoms with E-state index in [2.05, 4.69) is 15.5 Å². The van der Waals surface area contributed by atoms with Gasteiger partial charge in [0, 0.05) is 24.1 Å². The van der Waals surface area contributed by atoms with Crippen LogP contribution in [0, 0.1) is 0 Å². The average Bonchev–Trinajstić information content (AvgIpc) is 3.06. The largest absolute Gasteiger partial charge is 0.508 e. The van der Waals surface area contributed by atoms with Gasteiger partial charge in [-0.1, -0.05) is 28.9 Å². The SMILES string of the molecule is O=C(CCCc1nc(-c2ccccc2Cl)no1)Nc1ccc(O)cc1. The molecule has 0 radical (unpaired) electrons. The second-order valence-corrected chi connectivity index (χ2v) is 5.85. The van der Waals surface area contributed by atoms with E-state index in [1.165, 1.54) is 12.1 Å². The minimum Gasteiger partial charge on any atom is -0.508 e. The highest BCUT2D eigenvalue weighted by Crippen LogP contribution is 2.25. The molecule has 1 amide bonds. The van der Waals surface area contributed by atoms with Gasteiger partial charge in [-0.2, -0.15) is 4.98 Å². The Morgan fingerprint density at radius 1 is 1.16 bits per heavy atom. The number of carbonyl (C=O) groups is 1. The first-order chi connectivity index (χ1) is 12.1. The summed E-state index contributed by atoms with van der Waals surface area (Å²) in [6.07, 6.45) is 1.40. The van der Waals surface area contributed by atoms with Crippen molar-refractivity contribution in [3.63, 3.8) is 0 Å². The molecule has 0 fully saturated rings. The quantitative estimate of drug-likeness (QED) is 0.649. The van der Waals surface area contributed by atoms with E-state index in [0.29, 0.717) is 47.3 Å². The predicted octanol–water partition coefficient (Wildman–Crippen LogP) is 4.06. The van der Waals surface area contributed by atoms with Crippen LogP contribution in [0.3, 0.4) is 0 Å².